The van der Waals surface area contributed by atoms with Crippen LogP contribution in [0.15, 0.2) is 53.1 Å². The van der Waals surface area contributed by atoms with Gasteiger partial charge in [-0.25, -0.2) is 4.98 Å². The molecule has 0 aliphatic carbocycles. The molecule has 1 aromatic carbocycles. The molecule has 0 bridgehead atoms. The molecule has 0 atom stereocenters. The van der Waals surface area contributed by atoms with Gasteiger partial charge in [-0.15, -0.1) is 0 Å². The Bertz CT molecular complexity index is 1160. The molecule has 29 heavy (non-hydrogen) atoms. The summed E-state index contributed by atoms with van der Waals surface area (Å²) in [5.74, 6) is 0.975. The van der Waals surface area contributed by atoms with Gasteiger partial charge in [0.15, 0.2) is 11.4 Å². The molecule has 0 radical (unpaired) electrons. The molecule has 0 aliphatic heterocycles. The van der Waals surface area contributed by atoms with E-state index in [9.17, 15) is 4.79 Å². The van der Waals surface area contributed by atoms with Crippen LogP contribution in [0, 0.1) is 6.92 Å². The number of furan rings is 1. The first-order valence-electron chi connectivity index (χ1n) is 9.50. The van der Waals surface area contributed by atoms with Crippen LogP contribution in [-0.2, 0) is 7.05 Å². The molecule has 4 aromatic rings. The lowest BCUT2D eigenvalue weighted by atomic mass is 10.1. The van der Waals surface area contributed by atoms with Crippen LogP contribution in [0.3, 0.4) is 0 Å². The van der Waals surface area contributed by atoms with E-state index < -0.39 is 0 Å². The zero-order valence-corrected chi connectivity index (χ0v) is 16.6. The van der Waals surface area contributed by atoms with Crippen LogP contribution in [0.1, 0.15) is 29.4 Å². The SMILES string of the molecule is CCCOc1ccccc1NC(=O)c1cc(-c2ccco2)nc2c1c(C)nn2C. The summed E-state index contributed by atoms with van der Waals surface area (Å²) >= 11 is 0. The van der Waals surface area contributed by atoms with Crippen molar-refractivity contribution in [3.63, 3.8) is 0 Å². The molecule has 148 valence electrons. The number of para-hydroxylation sites is 2. The Kier molecular flexibility index (Phi) is 5.03. The summed E-state index contributed by atoms with van der Waals surface area (Å²) in [4.78, 5) is 17.9. The normalized spacial score (nSPS) is 11.0. The summed E-state index contributed by atoms with van der Waals surface area (Å²) in [5.41, 5.74) is 3.04. The molecule has 7 nitrogen and oxygen atoms in total. The van der Waals surface area contributed by atoms with E-state index in [1.54, 1.807) is 23.1 Å². The fourth-order valence-electron chi connectivity index (χ4n) is 3.27. The zero-order chi connectivity index (χ0) is 20.4. The number of nitrogens with one attached hydrogen (secondary N) is 1. The number of fused-ring (bicyclic) bond motifs is 1. The summed E-state index contributed by atoms with van der Waals surface area (Å²) in [7, 11) is 1.81. The van der Waals surface area contributed by atoms with Gasteiger partial charge in [-0.2, -0.15) is 5.10 Å². The Hall–Kier alpha value is -3.61. The molecule has 4 rings (SSSR count). The number of carbonyl (C=O) groups excluding carboxylic acids is 1. The maximum absolute atomic E-state index is 13.3. The predicted octanol–water partition coefficient (Wildman–Crippen LogP) is 4.58. The Balaban J connectivity index is 1.78. The Labute approximate surface area is 168 Å². The van der Waals surface area contributed by atoms with E-state index in [0.717, 1.165) is 12.1 Å². The number of aryl methyl sites for hydroxylation is 2. The molecule has 1 N–H and O–H groups in total. The molecule has 7 heteroatoms. The van der Waals surface area contributed by atoms with Gasteiger partial charge in [-0.05, 0) is 43.7 Å². The molecule has 0 spiro atoms. The van der Waals surface area contributed by atoms with Gasteiger partial charge in [0.2, 0.25) is 0 Å². The molecular weight excluding hydrogens is 368 g/mol. The average molecular weight is 390 g/mol. The minimum Gasteiger partial charge on any atom is -0.491 e. The molecule has 3 aromatic heterocycles. The maximum Gasteiger partial charge on any atom is 0.256 e. The Morgan fingerprint density at radius 3 is 2.83 bits per heavy atom. The number of anilines is 1. The second-order valence-corrected chi connectivity index (χ2v) is 6.74. The fourth-order valence-corrected chi connectivity index (χ4v) is 3.27. The number of nitrogens with zero attached hydrogens (tertiary/aromatic N) is 3. The smallest absolute Gasteiger partial charge is 0.256 e. The van der Waals surface area contributed by atoms with Crippen molar-refractivity contribution in [1.82, 2.24) is 14.8 Å². The molecule has 1 amide bonds. The Morgan fingerprint density at radius 1 is 1.24 bits per heavy atom. The lowest BCUT2D eigenvalue weighted by molar-refractivity contribution is 0.102. The second kappa shape index (κ2) is 7.79. The van der Waals surface area contributed by atoms with E-state index in [2.05, 4.69) is 15.4 Å². The number of benzene rings is 1. The van der Waals surface area contributed by atoms with Crippen LogP contribution in [0.2, 0.25) is 0 Å². The number of pyridine rings is 1. The number of rotatable bonds is 6. The van der Waals surface area contributed by atoms with E-state index in [0.29, 0.717) is 46.1 Å². The van der Waals surface area contributed by atoms with Crippen LogP contribution >= 0.6 is 0 Å². The van der Waals surface area contributed by atoms with Crippen LogP contribution in [0.5, 0.6) is 5.75 Å². The summed E-state index contributed by atoms with van der Waals surface area (Å²) in [6, 6.07) is 12.7. The lowest BCUT2D eigenvalue weighted by Gasteiger charge is -2.13. The van der Waals surface area contributed by atoms with Gasteiger partial charge in [-0.3, -0.25) is 9.48 Å². The summed E-state index contributed by atoms with van der Waals surface area (Å²) in [6.07, 6.45) is 2.46. The molecule has 3 heterocycles. The van der Waals surface area contributed by atoms with Crippen molar-refractivity contribution in [2.75, 3.05) is 11.9 Å². The minimum absolute atomic E-state index is 0.256. The number of amides is 1. The van der Waals surface area contributed by atoms with E-state index in [-0.39, 0.29) is 5.91 Å². The molecular formula is C22H22N4O3. The highest BCUT2D eigenvalue weighted by Gasteiger charge is 2.21. The molecule has 0 saturated carbocycles. The summed E-state index contributed by atoms with van der Waals surface area (Å²) in [6.45, 7) is 4.48. The highest BCUT2D eigenvalue weighted by molar-refractivity contribution is 6.13. The number of aromatic nitrogens is 3. The van der Waals surface area contributed by atoms with Crippen molar-refractivity contribution >= 4 is 22.6 Å². The number of hydrogen-bond donors (Lipinski definition) is 1. The third kappa shape index (κ3) is 3.59. The van der Waals surface area contributed by atoms with Gasteiger partial charge in [0.1, 0.15) is 11.4 Å². The van der Waals surface area contributed by atoms with Crippen molar-refractivity contribution < 1.29 is 13.9 Å². The van der Waals surface area contributed by atoms with E-state index >= 15 is 0 Å². The highest BCUT2D eigenvalue weighted by Crippen LogP contribution is 2.29. The first-order chi connectivity index (χ1) is 14.1. The van der Waals surface area contributed by atoms with Gasteiger partial charge in [0.05, 0.1) is 35.2 Å². The first-order valence-corrected chi connectivity index (χ1v) is 9.50. The van der Waals surface area contributed by atoms with Crippen molar-refractivity contribution in [1.29, 1.82) is 0 Å². The summed E-state index contributed by atoms with van der Waals surface area (Å²) in [5, 5.41) is 8.13. The standard InChI is InChI=1S/C22H22N4O3/c1-4-11-28-18-9-6-5-8-16(18)24-22(27)15-13-17(19-10-7-12-29-19)23-21-20(15)14(2)25-26(21)3/h5-10,12-13H,4,11H2,1-3H3,(H,24,27). The van der Waals surface area contributed by atoms with Crippen molar-refractivity contribution in [2.24, 2.45) is 7.05 Å². The van der Waals surface area contributed by atoms with Gasteiger partial charge < -0.3 is 14.5 Å². The minimum atomic E-state index is -0.256. The Morgan fingerprint density at radius 2 is 2.07 bits per heavy atom. The van der Waals surface area contributed by atoms with Crippen LogP contribution < -0.4 is 10.1 Å². The van der Waals surface area contributed by atoms with E-state index in [4.69, 9.17) is 9.15 Å². The zero-order valence-electron chi connectivity index (χ0n) is 16.6. The first kappa shape index (κ1) is 18.7. The van der Waals surface area contributed by atoms with Crippen LogP contribution in [0.4, 0.5) is 5.69 Å². The van der Waals surface area contributed by atoms with Crippen molar-refractivity contribution in [2.45, 2.75) is 20.3 Å². The monoisotopic (exact) mass is 390 g/mol. The van der Waals surface area contributed by atoms with Crippen LogP contribution in [-0.4, -0.2) is 27.3 Å². The van der Waals surface area contributed by atoms with Gasteiger partial charge in [-0.1, -0.05) is 19.1 Å². The lowest BCUT2D eigenvalue weighted by Crippen LogP contribution is -2.14. The number of carbonyl (C=O) groups is 1. The van der Waals surface area contributed by atoms with Gasteiger partial charge in [0, 0.05) is 7.05 Å². The maximum atomic E-state index is 13.3. The number of hydrogen-bond acceptors (Lipinski definition) is 5. The number of ether oxygens (including phenoxy) is 1. The third-order valence-corrected chi connectivity index (χ3v) is 4.58. The largest absolute Gasteiger partial charge is 0.491 e. The summed E-state index contributed by atoms with van der Waals surface area (Å²) < 4.78 is 12.9. The van der Waals surface area contributed by atoms with Crippen LogP contribution in [0.25, 0.3) is 22.5 Å². The van der Waals surface area contributed by atoms with Crippen molar-refractivity contribution in [3.05, 3.63) is 60.0 Å². The van der Waals surface area contributed by atoms with Gasteiger partial charge in [0.25, 0.3) is 5.91 Å². The molecule has 0 saturated heterocycles. The highest BCUT2D eigenvalue weighted by atomic mass is 16.5. The molecule has 0 fully saturated rings. The van der Waals surface area contributed by atoms with E-state index in [1.165, 1.54) is 0 Å². The van der Waals surface area contributed by atoms with Crippen molar-refractivity contribution in [3.8, 4) is 17.2 Å². The average Bonchev–Trinajstić information content (AvgIpc) is 3.35. The third-order valence-electron chi connectivity index (χ3n) is 4.58. The van der Waals surface area contributed by atoms with E-state index in [1.807, 2.05) is 51.2 Å². The predicted molar refractivity (Wildman–Crippen MR) is 111 cm³/mol. The molecule has 0 aliphatic rings. The van der Waals surface area contributed by atoms with Gasteiger partial charge >= 0.3 is 0 Å². The second-order valence-electron chi connectivity index (χ2n) is 6.74. The molecule has 0 unspecified atom stereocenters. The quantitative estimate of drug-likeness (QED) is 0.521. The topological polar surface area (TPSA) is 82.2 Å². The fraction of sp³-hybridized carbons (Fsp3) is 0.227.